The molecule has 0 rings (SSSR count). The maximum Gasteiger partial charge on any atom is 0.339 e. The van der Waals surface area contributed by atoms with Gasteiger partial charge in [-0.15, -0.1) is 0 Å². The van der Waals surface area contributed by atoms with E-state index in [2.05, 4.69) is 4.89 Å². The quantitative estimate of drug-likeness (QED) is 0.412. The smallest absolute Gasteiger partial charge is 0.339 e. The van der Waals surface area contributed by atoms with Crippen LogP contribution >= 0.6 is 0 Å². The average molecular weight is 154 g/mol. The molecule has 0 aromatic heterocycles. The summed E-state index contributed by atoms with van der Waals surface area (Å²) in [5, 5.41) is 14.6. The summed E-state index contributed by atoms with van der Waals surface area (Å²) in [6.45, 7) is -0.167. The zero-order chi connectivity index (χ0) is 8.57. The lowest BCUT2D eigenvalue weighted by molar-refractivity contribution is -0.231. The van der Waals surface area contributed by atoms with Crippen LogP contribution in [-0.2, 0) is 14.5 Å². The molecule has 0 radical (unpaired) electrons. The topological polar surface area (TPSA) is 83.8 Å². The van der Waals surface area contributed by atoms with E-state index >= 15 is 0 Å². The maximum atomic E-state index is 10.5. The molecule has 0 unspecified atom stereocenters. The second-order valence-corrected chi connectivity index (χ2v) is 1.11. The molecule has 0 bridgehead atoms. The molecule has 0 aromatic carbocycles. The third kappa shape index (κ3) is 29.0. The molecule has 2 N–H and O–H groups in total. The molecule has 0 aliphatic rings. The van der Waals surface area contributed by atoms with Crippen molar-refractivity contribution in [2.24, 2.45) is 0 Å². The molecule has 0 aliphatic carbocycles. The number of hydrogen-bond donors (Lipinski definition) is 2. The van der Waals surface area contributed by atoms with E-state index in [0.29, 0.717) is 0 Å². The fourth-order valence-corrected chi connectivity index (χ4v) is 0. The number of carbonyl (C=O) groups excluding carboxylic acids is 1. The lowest BCUT2D eigenvalue weighted by atomic mass is 10.8. The van der Waals surface area contributed by atoms with Gasteiger partial charge < -0.3 is 9.99 Å². The van der Waals surface area contributed by atoms with E-state index in [0.717, 1.165) is 6.92 Å². The fourth-order valence-electron chi connectivity index (χ4n) is 0. The Morgan fingerprint density at radius 3 is 1.80 bits per heavy atom. The molecule has 0 saturated heterocycles. The predicted molar refractivity (Wildman–Crippen MR) is 28.0 cm³/mol. The van der Waals surface area contributed by atoms with E-state index in [1.807, 2.05) is 0 Å². The largest absolute Gasteiger partial charge is 0.479 e. The van der Waals surface area contributed by atoms with Crippen LogP contribution in [0.5, 0.6) is 0 Å². The number of halogens is 1. The van der Waals surface area contributed by atoms with Gasteiger partial charge in [0.1, 0.15) is 0 Å². The van der Waals surface area contributed by atoms with Crippen LogP contribution in [0.3, 0.4) is 0 Å². The van der Waals surface area contributed by atoms with Gasteiger partial charge in [-0.05, 0) is 0 Å². The van der Waals surface area contributed by atoms with Crippen molar-refractivity contribution in [2.75, 3.05) is 6.67 Å². The van der Waals surface area contributed by atoms with Gasteiger partial charge in [-0.25, -0.2) is 14.0 Å². The van der Waals surface area contributed by atoms with Crippen molar-refractivity contribution in [3.05, 3.63) is 0 Å². The Balaban J connectivity index is 0. The zero-order valence-electron chi connectivity index (χ0n) is 5.20. The highest BCUT2D eigenvalue weighted by atomic mass is 19.1. The van der Waals surface area contributed by atoms with Crippen LogP contribution in [0.25, 0.3) is 0 Å². The Morgan fingerprint density at radius 2 is 1.80 bits per heavy atom. The van der Waals surface area contributed by atoms with E-state index in [4.69, 9.17) is 15.2 Å². The van der Waals surface area contributed by atoms with Crippen molar-refractivity contribution in [3.63, 3.8) is 0 Å². The standard InChI is InChI=1S/C2H3FO2.C2H4O3/c3-1-2(4)5;1-2(3)5-4/h1H2,(H,4,5);4H,1H3. The number of carboxylic acid groups (broad SMARTS) is 1. The first-order valence-electron chi connectivity index (χ1n) is 2.14. The van der Waals surface area contributed by atoms with Gasteiger partial charge in [0.2, 0.25) is 0 Å². The predicted octanol–water partition coefficient (Wildman–Crippen LogP) is 0.0630. The number of carboxylic acids is 1. The second kappa shape index (κ2) is 7.83. The molecule has 6 heteroatoms. The van der Waals surface area contributed by atoms with Gasteiger partial charge in [0, 0.05) is 6.92 Å². The van der Waals surface area contributed by atoms with Crippen LogP contribution in [-0.4, -0.2) is 29.0 Å². The Kier molecular flexibility index (Phi) is 9.09. The molecule has 0 fully saturated rings. The normalized spacial score (nSPS) is 7.10. The first-order valence-corrected chi connectivity index (χ1v) is 2.14. The van der Waals surface area contributed by atoms with Gasteiger partial charge in [-0.3, -0.25) is 0 Å². The van der Waals surface area contributed by atoms with Crippen LogP contribution in [0, 0.1) is 0 Å². The summed E-state index contributed by atoms with van der Waals surface area (Å²) >= 11 is 0. The lowest BCUT2D eigenvalue weighted by Gasteiger charge is -1.76. The summed E-state index contributed by atoms with van der Waals surface area (Å²) < 4.78 is 10.5. The lowest BCUT2D eigenvalue weighted by Crippen LogP contribution is -1.93. The first kappa shape index (κ1) is 11.6. The highest BCUT2D eigenvalue weighted by Gasteiger charge is 1.85. The van der Waals surface area contributed by atoms with Crippen molar-refractivity contribution in [3.8, 4) is 0 Å². The monoisotopic (exact) mass is 154 g/mol. The molecule has 10 heavy (non-hydrogen) atoms. The van der Waals surface area contributed by atoms with Gasteiger partial charge in [0.15, 0.2) is 6.67 Å². The summed E-state index contributed by atoms with van der Waals surface area (Å²) in [6, 6.07) is 0. The minimum Gasteiger partial charge on any atom is -0.479 e. The SMILES string of the molecule is CC(=O)OO.O=C(O)CF. The van der Waals surface area contributed by atoms with E-state index < -0.39 is 18.6 Å². The summed E-state index contributed by atoms with van der Waals surface area (Å²) in [6.07, 6.45) is 0. The number of alkyl halides is 1. The Bertz CT molecular complexity index is 98.2. The van der Waals surface area contributed by atoms with Gasteiger partial charge in [0.25, 0.3) is 0 Å². The van der Waals surface area contributed by atoms with Crippen molar-refractivity contribution in [2.45, 2.75) is 6.92 Å². The highest BCUT2D eigenvalue weighted by Crippen LogP contribution is 1.60. The number of carbonyl (C=O) groups is 2. The van der Waals surface area contributed by atoms with E-state index in [9.17, 15) is 9.18 Å². The summed E-state index contributed by atoms with van der Waals surface area (Å²) in [7, 11) is 0. The van der Waals surface area contributed by atoms with Crippen LogP contribution in [0.4, 0.5) is 4.39 Å². The molecule has 0 aromatic rings. The van der Waals surface area contributed by atoms with Crippen molar-refractivity contribution in [1.82, 2.24) is 0 Å². The molecular weight excluding hydrogens is 147 g/mol. The average Bonchev–Trinajstić information content (AvgIpc) is 1.89. The second-order valence-electron chi connectivity index (χ2n) is 1.11. The maximum absolute atomic E-state index is 10.5. The number of aliphatic carboxylic acids is 1. The van der Waals surface area contributed by atoms with E-state index in [-0.39, 0.29) is 0 Å². The van der Waals surface area contributed by atoms with Crippen molar-refractivity contribution >= 4 is 11.9 Å². The van der Waals surface area contributed by atoms with E-state index in [1.54, 1.807) is 0 Å². The van der Waals surface area contributed by atoms with Crippen molar-refractivity contribution in [1.29, 1.82) is 0 Å². The summed E-state index contributed by atoms with van der Waals surface area (Å²) in [4.78, 5) is 21.4. The van der Waals surface area contributed by atoms with Gasteiger partial charge in [-0.2, -0.15) is 5.26 Å². The summed E-state index contributed by atoms with van der Waals surface area (Å²) in [5.41, 5.74) is 0. The van der Waals surface area contributed by atoms with Crippen LogP contribution in [0.1, 0.15) is 6.92 Å². The van der Waals surface area contributed by atoms with Gasteiger partial charge >= 0.3 is 11.9 Å². The molecule has 60 valence electrons. The third-order valence-electron chi connectivity index (χ3n) is 0.243. The molecule has 0 aliphatic heterocycles. The van der Waals surface area contributed by atoms with Crippen LogP contribution in [0.2, 0.25) is 0 Å². The molecule has 0 saturated carbocycles. The molecule has 0 heterocycles. The molecular formula is C4H7FO5. The minimum absolute atomic E-state index is 0.690. The van der Waals surface area contributed by atoms with E-state index in [1.165, 1.54) is 0 Å². The Morgan fingerprint density at radius 1 is 1.60 bits per heavy atom. The molecule has 0 amide bonds. The Labute approximate surface area is 56.0 Å². The number of hydrogen-bond acceptors (Lipinski definition) is 4. The van der Waals surface area contributed by atoms with Gasteiger partial charge in [-0.1, -0.05) is 0 Å². The third-order valence-corrected chi connectivity index (χ3v) is 0.243. The highest BCUT2D eigenvalue weighted by molar-refractivity contribution is 5.67. The number of rotatable bonds is 1. The Hall–Kier alpha value is -1.17. The first-order chi connectivity index (χ1) is 4.54. The molecule has 0 spiro atoms. The minimum atomic E-state index is -1.41. The van der Waals surface area contributed by atoms with Gasteiger partial charge in [0.05, 0.1) is 0 Å². The van der Waals surface area contributed by atoms with Crippen LogP contribution in [0.15, 0.2) is 0 Å². The van der Waals surface area contributed by atoms with Crippen LogP contribution < -0.4 is 0 Å². The summed E-state index contributed by atoms with van der Waals surface area (Å²) in [5.74, 6) is -2.10. The molecule has 0 atom stereocenters. The fraction of sp³-hybridized carbons (Fsp3) is 0.500. The zero-order valence-corrected chi connectivity index (χ0v) is 5.20. The molecule has 5 nitrogen and oxygen atoms in total. The van der Waals surface area contributed by atoms with Crippen molar-refractivity contribution < 1.29 is 29.2 Å².